The first-order chi connectivity index (χ1) is 8.52. The molecule has 0 fully saturated rings. The lowest BCUT2D eigenvalue weighted by Crippen LogP contribution is -2.32. The Labute approximate surface area is 124 Å². The molecule has 0 heterocycles. The second kappa shape index (κ2) is 7.26. The van der Waals surface area contributed by atoms with E-state index in [-0.39, 0.29) is 0 Å². The normalized spacial score (nSPS) is 12.2. The number of nitrogens with zero attached hydrogens (tertiary/aromatic N) is 1. The van der Waals surface area contributed by atoms with Gasteiger partial charge in [-0.2, -0.15) is 11.8 Å². The van der Waals surface area contributed by atoms with E-state index < -0.39 is 0 Å². The van der Waals surface area contributed by atoms with Crippen molar-refractivity contribution in [2.75, 3.05) is 30.2 Å². The predicted molar refractivity (Wildman–Crippen MR) is 90.4 cm³/mol. The summed E-state index contributed by atoms with van der Waals surface area (Å²) in [6.45, 7) is 2.21. The molecule has 1 aromatic carbocycles. The summed E-state index contributed by atoms with van der Waals surface area (Å²) in [5.74, 6) is 1.08. The summed E-state index contributed by atoms with van der Waals surface area (Å²) in [5.41, 5.74) is 8.01. The van der Waals surface area contributed by atoms with Gasteiger partial charge in [-0.05, 0) is 31.6 Å². The van der Waals surface area contributed by atoms with Crippen LogP contribution >= 0.6 is 35.7 Å². The third-order valence-corrected chi connectivity index (χ3v) is 4.72. The number of benzene rings is 1. The molecule has 0 aliphatic carbocycles. The van der Waals surface area contributed by atoms with Gasteiger partial charge in [0, 0.05) is 35.0 Å². The molecule has 0 bridgehead atoms. The summed E-state index contributed by atoms with van der Waals surface area (Å²) in [7, 11) is 2.10. The van der Waals surface area contributed by atoms with Crippen molar-refractivity contribution in [1.29, 1.82) is 0 Å². The number of thiocarbonyl (C=S) groups is 1. The summed E-state index contributed by atoms with van der Waals surface area (Å²) in [6, 6.07) is 6.66. The number of nitrogens with two attached hydrogens (primary N) is 1. The van der Waals surface area contributed by atoms with E-state index in [4.69, 9.17) is 18.0 Å². The Balaban J connectivity index is 3.19. The Morgan fingerprint density at radius 1 is 1.44 bits per heavy atom. The Kier molecular flexibility index (Phi) is 6.32. The van der Waals surface area contributed by atoms with Crippen LogP contribution in [0.3, 0.4) is 0 Å². The van der Waals surface area contributed by atoms with Crippen LogP contribution in [0.4, 0.5) is 5.69 Å². The molecule has 0 aliphatic rings. The van der Waals surface area contributed by atoms with Crippen molar-refractivity contribution in [1.82, 2.24) is 0 Å². The molecule has 0 saturated carbocycles. The van der Waals surface area contributed by atoms with Crippen LogP contribution in [0.1, 0.15) is 12.5 Å². The Morgan fingerprint density at radius 3 is 2.61 bits per heavy atom. The van der Waals surface area contributed by atoms with Gasteiger partial charge in [0.15, 0.2) is 0 Å². The van der Waals surface area contributed by atoms with Gasteiger partial charge in [0.05, 0.1) is 0 Å². The number of hydrogen-bond acceptors (Lipinski definition) is 4. The molecule has 2 nitrogen and oxygen atoms in total. The van der Waals surface area contributed by atoms with Crippen LogP contribution in [0, 0.1) is 0 Å². The summed E-state index contributed by atoms with van der Waals surface area (Å²) in [6.07, 6.45) is 4.17. The smallest absolute Gasteiger partial charge is 0.107 e. The summed E-state index contributed by atoms with van der Waals surface area (Å²) < 4.78 is 0. The van der Waals surface area contributed by atoms with Gasteiger partial charge in [-0.1, -0.05) is 18.3 Å². The van der Waals surface area contributed by atoms with Crippen LogP contribution in [-0.4, -0.2) is 36.3 Å². The highest BCUT2D eigenvalue weighted by Crippen LogP contribution is 2.30. The van der Waals surface area contributed by atoms with Crippen molar-refractivity contribution in [2.24, 2.45) is 5.73 Å². The second-order valence-corrected chi connectivity index (χ2v) is 6.33. The summed E-state index contributed by atoms with van der Waals surface area (Å²) in [4.78, 5) is 3.87. The predicted octanol–water partition coefficient (Wildman–Crippen LogP) is 3.23. The highest BCUT2D eigenvalue weighted by atomic mass is 32.2. The van der Waals surface area contributed by atoms with E-state index in [1.165, 1.54) is 0 Å². The summed E-state index contributed by atoms with van der Waals surface area (Å²) in [5, 5.41) is 0. The molecule has 1 rings (SSSR count). The first kappa shape index (κ1) is 15.7. The molecular weight excluding hydrogens is 280 g/mol. The molecule has 5 heteroatoms. The quantitative estimate of drug-likeness (QED) is 0.643. The van der Waals surface area contributed by atoms with Crippen molar-refractivity contribution in [3.63, 3.8) is 0 Å². The molecule has 2 N–H and O–H groups in total. The van der Waals surface area contributed by atoms with Gasteiger partial charge in [0.1, 0.15) is 4.99 Å². The third-order valence-electron chi connectivity index (χ3n) is 2.92. The Bertz CT molecular complexity index is 421. The Morgan fingerprint density at radius 2 is 2.11 bits per heavy atom. The number of rotatable bonds is 6. The second-order valence-electron chi connectivity index (χ2n) is 4.13. The van der Waals surface area contributed by atoms with Crippen LogP contribution in [-0.2, 0) is 0 Å². The lowest BCUT2D eigenvalue weighted by Gasteiger charge is -2.29. The minimum absolute atomic E-state index is 0.449. The van der Waals surface area contributed by atoms with Gasteiger partial charge in [-0.3, -0.25) is 0 Å². The molecule has 1 unspecified atom stereocenters. The molecule has 1 atom stereocenters. The molecule has 0 amide bonds. The van der Waals surface area contributed by atoms with Crippen molar-refractivity contribution in [3.05, 3.63) is 23.8 Å². The lowest BCUT2D eigenvalue weighted by atomic mass is 10.1. The van der Waals surface area contributed by atoms with E-state index in [1.807, 2.05) is 18.0 Å². The summed E-state index contributed by atoms with van der Waals surface area (Å²) >= 11 is 8.73. The number of hydrogen-bond donors (Lipinski definition) is 1. The Hall–Kier alpha value is -0.390. The molecule has 0 saturated heterocycles. The maximum atomic E-state index is 5.89. The van der Waals surface area contributed by atoms with Gasteiger partial charge < -0.3 is 10.6 Å². The largest absolute Gasteiger partial charge is 0.389 e. The fourth-order valence-electron chi connectivity index (χ4n) is 1.82. The van der Waals surface area contributed by atoms with E-state index in [0.717, 1.165) is 21.9 Å². The number of thioether (sulfide) groups is 2. The minimum atomic E-state index is 0.449. The minimum Gasteiger partial charge on any atom is -0.389 e. The zero-order chi connectivity index (χ0) is 13.7. The maximum Gasteiger partial charge on any atom is 0.107 e. The highest BCUT2D eigenvalue weighted by molar-refractivity contribution is 7.99. The van der Waals surface area contributed by atoms with E-state index in [9.17, 15) is 0 Å². The van der Waals surface area contributed by atoms with Crippen molar-refractivity contribution < 1.29 is 0 Å². The van der Waals surface area contributed by atoms with Crippen LogP contribution in [0.25, 0.3) is 0 Å². The van der Waals surface area contributed by atoms with Crippen molar-refractivity contribution in [3.8, 4) is 0 Å². The fourth-order valence-corrected chi connectivity index (χ4v) is 3.44. The SMILES string of the molecule is CSCC(C)N(C)c1cccc(SC)c1C(N)=S. The zero-order valence-corrected chi connectivity index (χ0v) is 13.7. The molecule has 1 aromatic rings. The molecule has 0 aromatic heterocycles. The van der Waals surface area contributed by atoms with Gasteiger partial charge >= 0.3 is 0 Å². The fraction of sp³-hybridized carbons (Fsp3) is 0.462. The van der Waals surface area contributed by atoms with E-state index in [2.05, 4.69) is 43.3 Å². The molecule has 18 heavy (non-hydrogen) atoms. The monoisotopic (exact) mass is 300 g/mol. The van der Waals surface area contributed by atoms with E-state index in [0.29, 0.717) is 11.0 Å². The van der Waals surface area contributed by atoms with Crippen molar-refractivity contribution >= 4 is 46.4 Å². The molecule has 0 spiro atoms. The van der Waals surface area contributed by atoms with Crippen molar-refractivity contribution in [2.45, 2.75) is 17.9 Å². The first-order valence-electron chi connectivity index (χ1n) is 5.71. The van der Waals surface area contributed by atoms with Crippen LogP contribution < -0.4 is 10.6 Å². The zero-order valence-electron chi connectivity index (χ0n) is 11.3. The van der Waals surface area contributed by atoms with Gasteiger partial charge in [-0.15, -0.1) is 11.8 Å². The molecular formula is C13H20N2S3. The van der Waals surface area contributed by atoms with Crippen LogP contribution in [0.2, 0.25) is 0 Å². The van der Waals surface area contributed by atoms with Crippen LogP contribution in [0.15, 0.2) is 23.1 Å². The topological polar surface area (TPSA) is 29.3 Å². The van der Waals surface area contributed by atoms with Gasteiger partial charge in [0.25, 0.3) is 0 Å². The maximum absolute atomic E-state index is 5.89. The standard InChI is InChI=1S/C13H20N2S3/c1-9(8-17-3)15(2)10-6-5-7-11(18-4)12(10)13(14)16/h5-7,9H,8H2,1-4H3,(H2,14,16). The first-order valence-corrected chi connectivity index (χ1v) is 8.74. The average molecular weight is 301 g/mol. The van der Waals surface area contributed by atoms with E-state index >= 15 is 0 Å². The van der Waals surface area contributed by atoms with Crippen LogP contribution in [0.5, 0.6) is 0 Å². The molecule has 0 radical (unpaired) electrons. The molecule has 100 valence electrons. The molecule has 0 aliphatic heterocycles. The third kappa shape index (κ3) is 3.56. The number of anilines is 1. The van der Waals surface area contributed by atoms with Gasteiger partial charge in [0.2, 0.25) is 0 Å². The highest BCUT2D eigenvalue weighted by Gasteiger charge is 2.17. The van der Waals surface area contributed by atoms with Gasteiger partial charge in [-0.25, -0.2) is 0 Å². The average Bonchev–Trinajstić information content (AvgIpc) is 2.36. The lowest BCUT2D eigenvalue weighted by molar-refractivity contribution is 0.764. The van der Waals surface area contributed by atoms with E-state index in [1.54, 1.807) is 11.8 Å².